The maximum absolute atomic E-state index is 12.8. The number of benzene rings is 2. The summed E-state index contributed by atoms with van der Waals surface area (Å²) in [5.74, 6) is -0.335. The molecule has 5 nitrogen and oxygen atoms in total. The van der Waals surface area contributed by atoms with Gasteiger partial charge in [0.2, 0.25) is 0 Å². The van der Waals surface area contributed by atoms with Crippen LogP contribution in [0, 0.1) is 0 Å². The Hall–Kier alpha value is -2.53. The highest BCUT2D eigenvalue weighted by molar-refractivity contribution is 6.36. The van der Waals surface area contributed by atoms with Crippen molar-refractivity contribution in [2.75, 3.05) is 10.6 Å². The highest BCUT2D eigenvalue weighted by Crippen LogP contribution is 2.33. The number of nitrogens with one attached hydrogen (secondary N) is 1. The second kappa shape index (κ2) is 5.59. The van der Waals surface area contributed by atoms with E-state index in [-0.39, 0.29) is 10.9 Å². The number of amides is 3. The van der Waals surface area contributed by atoms with Crippen LogP contribution >= 0.6 is 11.6 Å². The molecule has 118 valence electrons. The van der Waals surface area contributed by atoms with Gasteiger partial charge in [0, 0.05) is 12.1 Å². The van der Waals surface area contributed by atoms with Gasteiger partial charge in [-0.05, 0) is 30.7 Å². The van der Waals surface area contributed by atoms with E-state index in [0.717, 1.165) is 10.5 Å². The SMILES string of the molecule is C[C@@]1(Cc2ccccc2)NC(=O)N(c2ccc(N)cc2Cl)C1=O. The number of anilines is 2. The van der Waals surface area contributed by atoms with Crippen LogP contribution < -0.4 is 16.0 Å². The summed E-state index contributed by atoms with van der Waals surface area (Å²) in [7, 11) is 0. The van der Waals surface area contributed by atoms with E-state index in [0.29, 0.717) is 17.8 Å². The summed E-state index contributed by atoms with van der Waals surface area (Å²) >= 11 is 6.14. The van der Waals surface area contributed by atoms with Crippen LogP contribution in [-0.4, -0.2) is 17.5 Å². The highest BCUT2D eigenvalue weighted by atomic mass is 35.5. The van der Waals surface area contributed by atoms with Gasteiger partial charge in [0.25, 0.3) is 5.91 Å². The Kier molecular flexibility index (Phi) is 3.74. The zero-order chi connectivity index (χ0) is 16.6. The number of urea groups is 1. The van der Waals surface area contributed by atoms with Gasteiger partial charge < -0.3 is 11.1 Å². The lowest BCUT2D eigenvalue weighted by Crippen LogP contribution is -2.46. The molecule has 0 aromatic heterocycles. The van der Waals surface area contributed by atoms with Crippen molar-refractivity contribution < 1.29 is 9.59 Å². The predicted molar refractivity (Wildman–Crippen MR) is 90.4 cm³/mol. The molecule has 3 rings (SSSR count). The minimum absolute atomic E-state index is 0.262. The van der Waals surface area contributed by atoms with Gasteiger partial charge in [-0.1, -0.05) is 41.9 Å². The third-order valence-corrected chi connectivity index (χ3v) is 4.18. The summed E-state index contributed by atoms with van der Waals surface area (Å²) in [5.41, 5.74) is 6.42. The van der Waals surface area contributed by atoms with Crippen molar-refractivity contribution in [1.82, 2.24) is 5.32 Å². The Morgan fingerprint density at radius 2 is 1.87 bits per heavy atom. The largest absolute Gasteiger partial charge is 0.399 e. The third-order valence-electron chi connectivity index (χ3n) is 3.87. The second-order valence-electron chi connectivity index (χ2n) is 5.78. The van der Waals surface area contributed by atoms with E-state index in [4.69, 9.17) is 17.3 Å². The predicted octanol–water partition coefficient (Wildman–Crippen LogP) is 2.98. The van der Waals surface area contributed by atoms with E-state index in [2.05, 4.69) is 5.32 Å². The number of hydrogen-bond acceptors (Lipinski definition) is 3. The summed E-state index contributed by atoms with van der Waals surface area (Å²) in [6, 6.07) is 13.7. The number of hydrogen-bond donors (Lipinski definition) is 2. The van der Waals surface area contributed by atoms with Crippen LogP contribution in [0.25, 0.3) is 0 Å². The number of carbonyl (C=O) groups is 2. The first-order chi connectivity index (χ1) is 10.9. The molecular formula is C17H16ClN3O2. The van der Waals surface area contributed by atoms with Crippen LogP contribution in [0.1, 0.15) is 12.5 Å². The summed E-state index contributed by atoms with van der Waals surface area (Å²) < 4.78 is 0. The van der Waals surface area contributed by atoms with Gasteiger partial charge in [-0.2, -0.15) is 0 Å². The Morgan fingerprint density at radius 3 is 2.52 bits per heavy atom. The van der Waals surface area contributed by atoms with Crippen molar-refractivity contribution >= 4 is 34.9 Å². The first kappa shape index (κ1) is 15.4. The zero-order valence-electron chi connectivity index (χ0n) is 12.5. The molecule has 2 aromatic carbocycles. The van der Waals surface area contributed by atoms with Crippen molar-refractivity contribution in [2.45, 2.75) is 18.9 Å². The van der Waals surface area contributed by atoms with Crippen molar-refractivity contribution in [3.63, 3.8) is 0 Å². The fourth-order valence-corrected chi connectivity index (χ4v) is 3.01. The molecule has 2 aromatic rings. The molecule has 1 saturated heterocycles. The number of imide groups is 1. The Labute approximate surface area is 139 Å². The van der Waals surface area contributed by atoms with Crippen molar-refractivity contribution in [3.8, 4) is 0 Å². The summed E-state index contributed by atoms with van der Waals surface area (Å²) in [4.78, 5) is 26.2. The molecule has 1 heterocycles. The van der Waals surface area contributed by atoms with E-state index in [1.807, 2.05) is 30.3 Å². The molecule has 0 radical (unpaired) electrons. The minimum atomic E-state index is -1.01. The standard InChI is InChI=1S/C17H16ClN3O2/c1-17(10-11-5-3-2-4-6-11)15(22)21(16(23)20-17)14-8-7-12(19)9-13(14)18/h2-9H,10,19H2,1H3,(H,20,23)/t17-/m0/s1. The third kappa shape index (κ3) is 2.75. The molecule has 3 N–H and O–H groups in total. The summed E-state index contributed by atoms with van der Waals surface area (Å²) in [6.45, 7) is 1.71. The molecule has 23 heavy (non-hydrogen) atoms. The van der Waals surface area contributed by atoms with Gasteiger partial charge in [-0.3, -0.25) is 4.79 Å². The number of nitrogens with zero attached hydrogens (tertiary/aromatic N) is 1. The smallest absolute Gasteiger partial charge is 0.329 e. The molecule has 0 saturated carbocycles. The lowest BCUT2D eigenvalue weighted by Gasteiger charge is -2.22. The lowest BCUT2D eigenvalue weighted by atomic mass is 9.93. The maximum Gasteiger partial charge on any atom is 0.329 e. The molecule has 0 spiro atoms. The molecule has 1 atom stereocenters. The van der Waals surface area contributed by atoms with Gasteiger partial charge in [0.1, 0.15) is 5.54 Å². The van der Waals surface area contributed by atoms with Crippen LogP contribution in [-0.2, 0) is 11.2 Å². The van der Waals surface area contributed by atoms with Crippen LogP contribution in [0.4, 0.5) is 16.2 Å². The van der Waals surface area contributed by atoms with Crippen LogP contribution in [0.5, 0.6) is 0 Å². The summed E-state index contributed by atoms with van der Waals surface area (Å²) in [6.07, 6.45) is 0.404. The van der Waals surface area contributed by atoms with Crippen LogP contribution in [0.2, 0.25) is 5.02 Å². The van der Waals surface area contributed by atoms with Crippen molar-refractivity contribution in [1.29, 1.82) is 0 Å². The van der Waals surface area contributed by atoms with Gasteiger partial charge in [0.15, 0.2) is 0 Å². The van der Waals surface area contributed by atoms with Crippen LogP contribution in [0.3, 0.4) is 0 Å². The Morgan fingerprint density at radius 1 is 1.17 bits per heavy atom. The zero-order valence-corrected chi connectivity index (χ0v) is 13.3. The first-order valence-corrected chi connectivity index (χ1v) is 7.54. The van der Waals surface area contributed by atoms with E-state index >= 15 is 0 Å². The Balaban J connectivity index is 1.93. The number of nitrogens with two attached hydrogens (primary N) is 1. The fraction of sp³-hybridized carbons (Fsp3) is 0.176. The monoisotopic (exact) mass is 329 g/mol. The first-order valence-electron chi connectivity index (χ1n) is 7.16. The molecular weight excluding hydrogens is 314 g/mol. The van der Waals surface area contributed by atoms with E-state index in [1.54, 1.807) is 19.1 Å². The normalized spacial score (nSPS) is 20.7. The number of nitrogen functional groups attached to an aromatic ring is 1. The summed E-state index contributed by atoms with van der Waals surface area (Å²) in [5, 5.41) is 3.03. The Bertz CT molecular complexity index is 779. The van der Waals surface area contributed by atoms with Crippen molar-refractivity contribution in [2.24, 2.45) is 0 Å². The molecule has 0 aliphatic carbocycles. The van der Waals surface area contributed by atoms with E-state index < -0.39 is 11.6 Å². The molecule has 3 amide bonds. The van der Waals surface area contributed by atoms with Gasteiger partial charge in [-0.25, -0.2) is 9.69 Å². The number of halogens is 1. The quantitative estimate of drug-likeness (QED) is 0.671. The molecule has 1 fully saturated rings. The molecule has 6 heteroatoms. The van der Waals surface area contributed by atoms with Gasteiger partial charge in [0.05, 0.1) is 10.7 Å². The molecule has 0 unspecified atom stereocenters. The fourth-order valence-electron chi connectivity index (χ4n) is 2.73. The molecule has 1 aliphatic rings. The van der Waals surface area contributed by atoms with Crippen LogP contribution in [0.15, 0.2) is 48.5 Å². The van der Waals surface area contributed by atoms with Gasteiger partial charge >= 0.3 is 6.03 Å². The maximum atomic E-state index is 12.8. The topological polar surface area (TPSA) is 75.4 Å². The molecule has 0 bridgehead atoms. The average molecular weight is 330 g/mol. The number of carbonyl (C=O) groups excluding carboxylic acids is 2. The number of rotatable bonds is 3. The highest BCUT2D eigenvalue weighted by Gasteiger charge is 2.48. The van der Waals surface area contributed by atoms with Crippen molar-refractivity contribution in [3.05, 3.63) is 59.1 Å². The van der Waals surface area contributed by atoms with E-state index in [9.17, 15) is 9.59 Å². The minimum Gasteiger partial charge on any atom is -0.399 e. The second-order valence-corrected chi connectivity index (χ2v) is 6.18. The lowest BCUT2D eigenvalue weighted by molar-refractivity contribution is -0.121. The van der Waals surface area contributed by atoms with E-state index in [1.165, 1.54) is 6.07 Å². The molecule has 1 aliphatic heterocycles. The average Bonchev–Trinajstić information content (AvgIpc) is 2.71. The van der Waals surface area contributed by atoms with Gasteiger partial charge in [-0.15, -0.1) is 0 Å².